The molecule has 7 heteroatoms. The van der Waals surface area contributed by atoms with Crippen LogP contribution in [0.2, 0.25) is 18.1 Å². The van der Waals surface area contributed by atoms with Gasteiger partial charge in [-0.3, -0.25) is 4.98 Å². The van der Waals surface area contributed by atoms with Crippen molar-refractivity contribution < 1.29 is 22.7 Å². The van der Waals surface area contributed by atoms with E-state index in [-0.39, 0.29) is 22.5 Å². The van der Waals surface area contributed by atoms with E-state index in [1.54, 1.807) is 0 Å². The maximum atomic E-state index is 13.4. The number of hydrogen-bond donors (Lipinski definition) is 1. The summed E-state index contributed by atoms with van der Waals surface area (Å²) in [5.41, 5.74) is 5.22. The van der Waals surface area contributed by atoms with E-state index in [4.69, 9.17) is 9.41 Å². The minimum atomic E-state index is -4.41. The van der Waals surface area contributed by atoms with Gasteiger partial charge in [0.05, 0.1) is 17.4 Å². The first-order valence-corrected chi connectivity index (χ1v) is 19.0. The lowest BCUT2D eigenvalue weighted by Gasteiger charge is -2.45. The van der Waals surface area contributed by atoms with Crippen molar-refractivity contribution in [3.63, 3.8) is 0 Å². The fraction of sp³-hybridized carbons (Fsp3) is 0.686. The lowest BCUT2D eigenvalue weighted by Crippen LogP contribution is -2.44. The van der Waals surface area contributed by atoms with Crippen LogP contribution in [0.15, 0.2) is 24.3 Å². The summed E-state index contributed by atoms with van der Waals surface area (Å²) < 4.78 is 47.5. The van der Waals surface area contributed by atoms with Gasteiger partial charge in [0.1, 0.15) is 6.10 Å². The Bertz CT molecular complexity index is 1270. The fourth-order valence-corrected chi connectivity index (χ4v) is 8.70. The van der Waals surface area contributed by atoms with Crippen molar-refractivity contribution in [2.45, 2.75) is 147 Å². The first-order valence-electron chi connectivity index (χ1n) is 16.1. The van der Waals surface area contributed by atoms with E-state index in [2.05, 4.69) is 47.7 Å². The number of fused-ring (bicyclic) bond motifs is 1. The summed E-state index contributed by atoms with van der Waals surface area (Å²) in [6.07, 6.45) is 4.99. The van der Waals surface area contributed by atoms with Gasteiger partial charge in [-0.05, 0) is 91.2 Å². The monoisotopic (exact) mass is 601 g/mol. The summed E-state index contributed by atoms with van der Waals surface area (Å²) in [5.74, 6) is 0.562. The molecule has 232 valence electrons. The topological polar surface area (TPSA) is 42.4 Å². The summed E-state index contributed by atoms with van der Waals surface area (Å²) in [6, 6.07) is 5.11. The number of aliphatic hydroxyl groups excluding tert-OH is 1. The molecular weight excluding hydrogens is 551 g/mol. The minimum absolute atomic E-state index is 0.0283. The van der Waals surface area contributed by atoms with Crippen LogP contribution >= 0.6 is 0 Å². The van der Waals surface area contributed by atoms with E-state index < -0.39 is 26.2 Å². The molecule has 2 fully saturated rings. The Labute approximate surface area is 251 Å². The first-order chi connectivity index (χ1) is 19.5. The molecule has 3 nitrogen and oxygen atoms in total. The van der Waals surface area contributed by atoms with E-state index in [0.29, 0.717) is 11.5 Å². The number of nitrogens with zero attached hydrogens (tertiary/aromatic N) is 1. The summed E-state index contributed by atoms with van der Waals surface area (Å²) in [7, 11) is -2.15. The molecule has 5 rings (SSSR count). The zero-order valence-corrected chi connectivity index (χ0v) is 27.6. The summed E-state index contributed by atoms with van der Waals surface area (Å²) in [6.45, 7) is 16.1. The molecule has 0 bridgehead atoms. The quantitative estimate of drug-likeness (QED) is 0.335. The normalized spacial score (nSPS) is 22.9. The van der Waals surface area contributed by atoms with Gasteiger partial charge in [0.15, 0.2) is 8.32 Å². The molecule has 1 unspecified atom stereocenters. The summed E-state index contributed by atoms with van der Waals surface area (Å²) >= 11 is 0. The largest absolute Gasteiger partial charge is 0.416 e. The third-order valence-corrected chi connectivity index (χ3v) is 15.2. The van der Waals surface area contributed by atoms with E-state index in [0.717, 1.165) is 93.3 Å². The molecule has 42 heavy (non-hydrogen) atoms. The van der Waals surface area contributed by atoms with Gasteiger partial charge in [0.2, 0.25) is 0 Å². The fourth-order valence-electron chi connectivity index (χ4n) is 7.43. The van der Waals surface area contributed by atoms with Crippen LogP contribution in [0.25, 0.3) is 0 Å². The Balaban J connectivity index is 1.74. The molecule has 1 aromatic heterocycles. The molecule has 2 saturated carbocycles. The van der Waals surface area contributed by atoms with Crippen molar-refractivity contribution >= 4 is 8.32 Å². The van der Waals surface area contributed by atoms with Gasteiger partial charge in [0.25, 0.3) is 0 Å². The second-order valence-corrected chi connectivity index (χ2v) is 20.3. The van der Waals surface area contributed by atoms with Crippen LogP contribution in [-0.4, -0.2) is 18.4 Å². The van der Waals surface area contributed by atoms with Gasteiger partial charge < -0.3 is 9.53 Å². The highest BCUT2D eigenvalue weighted by Crippen LogP contribution is 2.54. The Kier molecular flexibility index (Phi) is 8.56. The zero-order valence-electron chi connectivity index (χ0n) is 26.6. The van der Waals surface area contributed by atoms with Gasteiger partial charge >= 0.3 is 6.18 Å². The van der Waals surface area contributed by atoms with Crippen molar-refractivity contribution in [3.8, 4) is 0 Å². The molecule has 0 amide bonds. The number of benzene rings is 1. The smallest absolute Gasteiger partial charge is 0.410 e. The summed E-state index contributed by atoms with van der Waals surface area (Å²) in [5, 5.41) is 12.2. The Morgan fingerprint density at radius 2 is 1.45 bits per heavy atom. The van der Waals surface area contributed by atoms with Crippen LogP contribution in [0, 0.1) is 5.41 Å². The second-order valence-electron chi connectivity index (χ2n) is 15.6. The number of rotatable bonds is 6. The zero-order chi connectivity index (χ0) is 30.7. The van der Waals surface area contributed by atoms with Crippen molar-refractivity contribution in [3.05, 3.63) is 63.5 Å². The summed E-state index contributed by atoms with van der Waals surface area (Å²) in [4.78, 5) is 5.46. The minimum Gasteiger partial charge on any atom is -0.410 e. The molecular formula is C35H50F3NO2Si. The Morgan fingerprint density at radius 1 is 0.905 bits per heavy atom. The van der Waals surface area contributed by atoms with Gasteiger partial charge in [-0.2, -0.15) is 13.2 Å². The van der Waals surface area contributed by atoms with E-state index in [1.165, 1.54) is 23.3 Å². The molecule has 2 aromatic rings. The maximum Gasteiger partial charge on any atom is 0.416 e. The predicted octanol–water partition coefficient (Wildman–Crippen LogP) is 10.5. The van der Waals surface area contributed by atoms with Gasteiger partial charge in [-0.25, -0.2) is 0 Å². The number of aliphatic hydroxyl groups is 1. The third kappa shape index (κ3) is 6.25. The second kappa shape index (κ2) is 11.3. The number of halogens is 3. The third-order valence-electron chi connectivity index (χ3n) is 10.7. The van der Waals surface area contributed by atoms with Gasteiger partial charge in [-0.1, -0.05) is 72.4 Å². The van der Waals surface area contributed by atoms with Crippen LogP contribution in [0.3, 0.4) is 0 Å². The van der Waals surface area contributed by atoms with Crippen molar-refractivity contribution in [1.29, 1.82) is 0 Å². The highest BCUT2D eigenvalue weighted by molar-refractivity contribution is 6.74. The molecule has 2 atom stereocenters. The molecule has 3 aliphatic rings. The lowest BCUT2D eigenvalue weighted by molar-refractivity contribution is -0.137. The molecule has 1 N–H and O–H groups in total. The standard InChI is InChI=1S/C35H50F3NO2Si/c1-33(2,3)42(6,7)41-27-21-34(4,5)20-26-29(27)28(22-12-8-9-13-22)30(31(39-26)23-14-10-11-15-23)32(40)24-16-18-25(19-17-24)35(36,37)38/h16-19,22-23,27,32,40H,8-15,20-21H2,1-7H3/t27-,32?/m1/s1. The lowest BCUT2D eigenvalue weighted by atomic mass is 9.70. The average molecular weight is 602 g/mol. The number of hydrogen-bond acceptors (Lipinski definition) is 3. The van der Waals surface area contributed by atoms with E-state index in [1.807, 2.05) is 0 Å². The molecule has 0 saturated heterocycles. The predicted molar refractivity (Wildman–Crippen MR) is 165 cm³/mol. The molecule has 1 heterocycles. The Morgan fingerprint density at radius 3 is 1.98 bits per heavy atom. The van der Waals surface area contributed by atoms with E-state index in [9.17, 15) is 18.3 Å². The van der Waals surface area contributed by atoms with Crippen LogP contribution in [-0.2, 0) is 17.0 Å². The molecule has 1 aromatic carbocycles. The van der Waals surface area contributed by atoms with Crippen molar-refractivity contribution in [1.82, 2.24) is 4.98 Å². The molecule has 3 aliphatic carbocycles. The van der Waals surface area contributed by atoms with E-state index >= 15 is 0 Å². The number of pyridine rings is 1. The van der Waals surface area contributed by atoms with Crippen LogP contribution < -0.4 is 0 Å². The average Bonchev–Trinajstić information content (AvgIpc) is 3.60. The Hall–Kier alpha value is -1.70. The SMILES string of the molecule is CC1(C)Cc2nc(C3CCCC3)c(C(O)c3ccc(C(F)(F)F)cc3)c(C3CCCC3)c2[C@H](O[Si](C)(C)C(C)(C)C)C1. The van der Waals surface area contributed by atoms with Crippen LogP contribution in [0.1, 0.15) is 156 Å². The highest BCUT2D eigenvalue weighted by atomic mass is 28.4. The van der Waals surface area contributed by atoms with Gasteiger partial charge in [0, 0.05) is 22.7 Å². The first kappa shape index (κ1) is 31.7. The molecule has 0 radical (unpaired) electrons. The van der Waals surface area contributed by atoms with Gasteiger partial charge in [-0.15, -0.1) is 0 Å². The molecule has 0 spiro atoms. The highest BCUT2D eigenvalue weighted by Gasteiger charge is 2.46. The number of aromatic nitrogens is 1. The van der Waals surface area contributed by atoms with Crippen LogP contribution in [0.5, 0.6) is 0 Å². The van der Waals surface area contributed by atoms with Crippen molar-refractivity contribution in [2.75, 3.05) is 0 Å². The van der Waals surface area contributed by atoms with Crippen molar-refractivity contribution in [2.24, 2.45) is 5.41 Å². The molecule has 0 aliphatic heterocycles. The number of alkyl halides is 3. The van der Waals surface area contributed by atoms with Crippen LogP contribution in [0.4, 0.5) is 13.2 Å². The maximum absolute atomic E-state index is 13.4.